The molecule has 0 saturated heterocycles. The fraction of sp³-hybridized carbons (Fsp3) is 0.548. The SMILES string of the molecule is CC(C)(C)Oc1cccc(C(C)(C)c2cccc(OC(=O)NCCCCCCNC(=O)C(C)(C)C)c2)c1. The third kappa shape index (κ3) is 10.5. The van der Waals surface area contributed by atoms with Gasteiger partial charge in [0.05, 0.1) is 0 Å². The molecule has 2 N–H and O–H groups in total. The second-order valence-corrected chi connectivity index (χ2v) is 12.1. The van der Waals surface area contributed by atoms with Crippen LogP contribution in [-0.2, 0) is 10.2 Å². The molecule has 0 bridgehead atoms. The fourth-order valence-electron chi connectivity index (χ4n) is 3.82. The zero-order valence-electron chi connectivity index (χ0n) is 24.0. The number of carbonyl (C=O) groups excluding carboxylic acids is 2. The van der Waals surface area contributed by atoms with Crippen molar-refractivity contribution in [2.75, 3.05) is 13.1 Å². The Labute approximate surface area is 223 Å². The van der Waals surface area contributed by atoms with Gasteiger partial charge in [0.15, 0.2) is 0 Å². The Bertz CT molecular complexity index is 1030. The van der Waals surface area contributed by atoms with E-state index >= 15 is 0 Å². The number of unbranched alkanes of at least 4 members (excludes halogenated alkanes) is 3. The third-order valence-corrected chi connectivity index (χ3v) is 6.09. The van der Waals surface area contributed by atoms with Gasteiger partial charge in [-0.05, 0) is 69.0 Å². The van der Waals surface area contributed by atoms with Gasteiger partial charge < -0.3 is 20.1 Å². The maximum Gasteiger partial charge on any atom is 0.412 e. The Morgan fingerprint density at radius 3 is 1.76 bits per heavy atom. The van der Waals surface area contributed by atoms with Gasteiger partial charge >= 0.3 is 6.09 Å². The molecule has 6 nitrogen and oxygen atoms in total. The normalized spacial score (nSPS) is 12.1. The van der Waals surface area contributed by atoms with E-state index in [1.54, 1.807) is 6.07 Å². The number of amides is 2. The first-order chi connectivity index (χ1) is 17.2. The summed E-state index contributed by atoms with van der Waals surface area (Å²) in [5, 5.41) is 5.79. The lowest BCUT2D eigenvalue weighted by Crippen LogP contribution is -2.35. The van der Waals surface area contributed by atoms with Crippen molar-refractivity contribution in [1.82, 2.24) is 10.6 Å². The van der Waals surface area contributed by atoms with Crippen LogP contribution in [-0.4, -0.2) is 30.7 Å². The predicted molar refractivity (Wildman–Crippen MR) is 150 cm³/mol. The molecule has 2 rings (SSSR count). The Kier molecular flexibility index (Phi) is 10.6. The van der Waals surface area contributed by atoms with E-state index in [4.69, 9.17) is 9.47 Å². The molecule has 0 atom stereocenters. The van der Waals surface area contributed by atoms with E-state index in [1.165, 1.54) is 0 Å². The highest BCUT2D eigenvalue weighted by Gasteiger charge is 2.25. The van der Waals surface area contributed by atoms with Crippen LogP contribution in [0.4, 0.5) is 4.79 Å². The van der Waals surface area contributed by atoms with Gasteiger partial charge in [-0.2, -0.15) is 0 Å². The molecule has 2 aromatic carbocycles. The average Bonchev–Trinajstić information content (AvgIpc) is 2.79. The van der Waals surface area contributed by atoms with Crippen LogP contribution in [0.2, 0.25) is 0 Å². The summed E-state index contributed by atoms with van der Waals surface area (Å²) in [7, 11) is 0. The molecular weight excluding hydrogens is 464 g/mol. The van der Waals surface area contributed by atoms with E-state index < -0.39 is 6.09 Å². The number of carbonyl (C=O) groups is 2. The minimum Gasteiger partial charge on any atom is -0.488 e. The Balaban J connectivity index is 1.82. The van der Waals surface area contributed by atoms with Crippen molar-refractivity contribution >= 4 is 12.0 Å². The van der Waals surface area contributed by atoms with Gasteiger partial charge in [0.25, 0.3) is 0 Å². The molecule has 0 aliphatic heterocycles. The molecule has 0 unspecified atom stereocenters. The van der Waals surface area contributed by atoms with E-state index in [-0.39, 0.29) is 22.3 Å². The maximum absolute atomic E-state index is 12.3. The van der Waals surface area contributed by atoms with Gasteiger partial charge in [-0.25, -0.2) is 4.79 Å². The second-order valence-electron chi connectivity index (χ2n) is 12.1. The molecule has 37 heavy (non-hydrogen) atoms. The van der Waals surface area contributed by atoms with E-state index in [2.05, 4.69) is 36.6 Å². The minimum absolute atomic E-state index is 0.0763. The molecule has 0 spiro atoms. The Morgan fingerprint density at radius 1 is 0.703 bits per heavy atom. The van der Waals surface area contributed by atoms with Crippen LogP contribution in [0.3, 0.4) is 0 Å². The fourth-order valence-corrected chi connectivity index (χ4v) is 3.82. The molecule has 6 heteroatoms. The number of hydrogen-bond donors (Lipinski definition) is 2. The molecule has 0 aliphatic carbocycles. The first kappa shape index (κ1) is 30.2. The van der Waals surface area contributed by atoms with Crippen LogP contribution in [0.25, 0.3) is 0 Å². The summed E-state index contributed by atoms with van der Waals surface area (Å²) in [6.45, 7) is 17.4. The van der Waals surface area contributed by atoms with Crippen LogP contribution in [0.5, 0.6) is 11.5 Å². The summed E-state index contributed by atoms with van der Waals surface area (Å²) < 4.78 is 11.6. The standard InChI is InChI=1S/C31H46N2O4/c1-29(2,3)27(34)32-19-11-9-10-12-20-33-28(35)36-25-17-13-15-23(21-25)31(7,8)24-16-14-18-26(22-24)37-30(4,5)6/h13-18,21-22H,9-12,19-20H2,1-8H3,(H,32,34)(H,33,35). The monoisotopic (exact) mass is 510 g/mol. The van der Waals surface area contributed by atoms with Gasteiger partial charge in [0, 0.05) is 23.9 Å². The van der Waals surface area contributed by atoms with Crippen molar-refractivity contribution in [3.8, 4) is 11.5 Å². The summed E-state index contributed by atoms with van der Waals surface area (Å²) in [6.07, 6.45) is 3.32. The lowest BCUT2D eigenvalue weighted by molar-refractivity contribution is -0.128. The van der Waals surface area contributed by atoms with Gasteiger partial charge in [-0.15, -0.1) is 0 Å². The maximum atomic E-state index is 12.3. The minimum atomic E-state index is -0.451. The molecule has 0 saturated carbocycles. The predicted octanol–water partition coefficient (Wildman–Crippen LogP) is 7.00. The lowest BCUT2D eigenvalue weighted by Gasteiger charge is -2.28. The summed E-state index contributed by atoms with van der Waals surface area (Å²) in [4.78, 5) is 24.2. The molecule has 2 aromatic rings. The van der Waals surface area contributed by atoms with Gasteiger partial charge in [0.1, 0.15) is 17.1 Å². The number of ether oxygens (including phenoxy) is 2. The molecule has 0 fully saturated rings. The largest absolute Gasteiger partial charge is 0.488 e. The molecule has 2 amide bonds. The number of nitrogens with one attached hydrogen (secondary N) is 2. The molecule has 0 aromatic heterocycles. The van der Waals surface area contributed by atoms with Crippen molar-refractivity contribution in [2.24, 2.45) is 5.41 Å². The zero-order valence-corrected chi connectivity index (χ0v) is 24.0. The average molecular weight is 511 g/mol. The molecule has 0 radical (unpaired) electrons. The number of hydrogen-bond acceptors (Lipinski definition) is 4. The molecule has 0 heterocycles. The first-order valence-corrected chi connectivity index (χ1v) is 13.3. The summed E-state index contributed by atoms with van der Waals surface area (Å²) in [5.74, 6) is 1.42. The van der Waals surface area contributed by atoms with Crippen molar-refractivity contribution in [3.63, 3.8) is 0 Å². The Morgan fingerprint density at radius 2 is 1.22 bits per heavy atom. The third-order valence-electron chi connectivity index (χ3n) is 6.09. The summed E-state index contributed by atoms with van der Waals surface area (Å²) in [6, 6.07) is 15.8. The van der Waals surface area contributed by atoms with E-state index in [9.17, 15) is 9.59 Å². The van der Waals surface area contributed by atoms with Crippen LogP contribution >= 0.6 is 0 Å². The van der Waals surface area contributed by atoms with E-state index in [0.717, 1.165) is 42.6 Å². The van der Waals surface area contributed by atoms with Crippen molar-refractivity contribution in [2.45, 2.75) is 92.1 Å². The first-order valence-electron chi connectivity index (χ1n) is 13.3. The van der Waals surface area contributed by atoms with Crippen LogP contribution in [0.1, 0.15) is 92.2 Å². The van der Waals surface area contributed by atoms with Gasteiger partial charge in [-0.1, -0.05) is 71.7 Å². The number of rotatable bonds is 11. The van der Waals surface area contributed by atoms with Crippen molar-refractivity contribution in [1.29, 1.82) is 0 Å². The van der Waals surface area contributed by atoms with Gasteiger partial charge in [0.2, 0.25) is 5.91 Å². The smallest absolute Gasteiger partial charge is 0.412 e. The second kappa shape index (κ2) is 13.0. The highest BCUT2D eigenvalue weighted by molar-refractivity contribution is 5.81. The van der Waals surface area contributed by atoms with Gasteiger partial charge in [-0.3, -0.25) is 4.79 Å². The topological polar surface area (TPSA) is 76.7 Å². The van der Waals surface area contributed by atoms with Crippen LogP contribution in [0.15, 0.2) is 48.5 Å². The number of benzene rings is 2. The molecule has 204 valence electrons. The van der Waals surface area contributed by atoms with Crippen molar-refractivity contribution in [3.05, 3.63) is 59.7 Å². The molecule has 0 aliphatic rings. The lowest BCUT2D eigenvalue weighted by atomic mass is 9.78. The molecular formula is C31H46N2O4. The highest BCUT2D eigenvalue weighted by Crippen LogP contribution is 2.35. The summed E-state index contributed by atoms with van der Waals surface area (Å²) >= 11 is 0. The quantitative estimate of drug-likeness (QED) is 0.319. The van der Waals surface area contributed by atoms with Crippen LogP contribution < -0.4 is 20.1 Å². The van der Waals surface area contributed by atoms with Crippen molar-refractivity contribution < 1.29 is 19.1 Å². The summed E-state index contributed by atoms with van der Waals surface area (Å²) in [5.41, 5.74) is 1.23. The van der Waals surface area contributed by atoms with E-state index in [0.29, 0.717) is 18.8 Å². The van der Waals surface area contributed by atoms with E-state index in [1.807, 2.05) is 71.9 Å². The Hall–Kier alpha value is -3.02. The highest BCUT2D eigenvalue weighted by atomic mass is 16.6. The van der Waals surface area contributed by atoms with Crippen LogP contribution in [0, 0.1) is 5.41 Å². The zero-order chi connectivity index (χ0) is 27.7.